The van der Waals surface area contributed by atoms with Crippen LogP contribution in [0, 0.1) is 6.92 Å². The highest BCUT2D eigenvalue weighted by atomic mass is 15.0. The van der Waals surface area contributed by atoms with Crippen LogP contribution in [0.4, 0.5) is 5.69 Å². The van der Waals surface area contributed by atoms with Gasteiger partial charge in [0.15, 0.2) is 0 Å². The highest BCUT2D eigenvalue weighted by Gasteiger charge is 2.15. The third kappa shape index (κ3) is 1.28. The fraction of sp³-hybridized carbons (Fsp3) is 0.222. The third-order valence-corrected chi connectivity index (χ3v) is 2.27. The second kappa shape index (κ2) is 3.13. The van der Waals surface area contributed by atoms with Gasteiger partial charge in [-0.1, -0.05) is 12.1 Å². The number of aliphatic imine (C=N–C) groups is 1. The Bertz CT molecular complexity index is 360. The van der Waals surface area contributed by atoms with Gasteiger partial charge >= 0.3 is 7.55 Å². The van der Waals surface area contributed by atoms with Crippen LogP contribution in [-0.2, 0) is 0 Å². The fourth-order valence-electron chi connectivity index (χ4n) is 1.63. The van der Waals surface area contributed by atoms with Crippen LogP contribution in [0.2, 0.25) is 0 Å². The number of aryl methyl sites for hydroxylation is 1. The van der Waals surface area contributed by atoms with Crippen LogP contribution >= 0.6 is 0 Å². The molecular weight excluding hydrogens is 161 g/mol. The van der Waals surface area contributed by atoms with Gasteiger partial charge in [0.25, 0.3) is 0 Å². The monoisotopic (exact) mass is 173 g/mol. The molecule has 0 fully saturated rings. The summed E-state index contributed by atoms with van der Waals surface area (Å²) in [6, 6.07) is 6.23. The van der Waals surface area contributed by atoms with Gasteiger partial charge in [-0.15, -0.1) is 0 Å². The van der Waals surface area contributed by atoms with E-state index in [2.05, 4.69) is 40.6 Å². The summed E-state index contributed by atoms with van der Waals surface area (Å²) in [5.74, 6) is 0.979. The minimum Gasteiger partial charge on any atom is -0.412 e. The fourth-order valence-corrected chi connectivity index (χ4v) is 1.63. The van der Waals surface area contributed by atoms with E-state index in [1.807, 2.05) is 7.05 Å². The van der Waals surface area contributed by atoms with Crippen LogP contribution in [0.5, 0.6) is 0 Å². The second-order valence-corrected chi connectivity index (χ2v) is 3.10. The van der Waals surface area contributed by atoms with Gasteiger partial charge in [-0.25, -0.2) is 0 Å². The number of nitrogens with one attached hydrogen (secondary N) is 2. The zero-order valence-corrected chi connectivity index (χ0v) is 7.89. The molecule has 2 rings (SSSR count). The highest BCUT2D eigenvalue weighted by molar-refractivity contribution is 6.46. The lowest BCUT2D eigenvalue weighted by Gasteiger charge is -2.22. The molecule has 1 heterocycles. The first kappa shape index (κ1) is 8.17. The van der Waals surface area contributed by atoms with E-state index < -0.39 is 0 Å². The lowest BCUT2D eigenvalue weighted by atomic mass is 9.96. The van der Waals surface area contributed by atoms with E-state index in [1.54, 1.807) is 0 Å². The molecule has 0 atom stereocenters. The quantitative estimate of drug-likeness (QED) is 0.565. The summed E-state index contributed by atoms with van der Waals surface area (Å²) in [5, 5.41) is 6.48. The number of hydrogen-bond donors (Lipinski definition) is 2. The molecule has 0 saturated heterocycles. The minimum atomic E-state index is 0.753. The van der Waals surface area contributed by atoms with Gasteiger partial charge in [-0.3, -0.25) is 4.99 Å². The summed E-state index contributed by atoms with van der Waals surface area (Å²) >= 11 is 0. The van der Waals surface area contributed by atoms with E-state index in [0.717, 1.165) is 13.4 Å². The van der Waals surface area contributed by atoms with Crippen LogP contribution in [0.3, 0.4) is 0 Å². The lowest BCUT2D eigenvalue weighted by molar-refractivity contribution is 1.27. The SMILES string of the molecule is C/N=C1/NBNc2cccc(C)c21. The molecule has 1 aromatic rings. The Morgan fingerprint density at radius 1 is 1.31 bits per heavy atom. The van der Waals surface area contributed by atoms with Crippen molar-refractivity contribution in [1.82, 2.24) is 5.23 Å². The van der Waals surface area contributed by atoms with Crippen molar-refractivity contribution >= 4 is 19.1 Å². The average molecular weight is 173 g/mol. The van der Waals surface area contributed by atoms with Gasteiger partial charge in [-0.2, -0.15) is 0 Å². The number of rotatable bonds is 0. The second-order valence-electron chi connectivity index (χ2n) is 3.10. The smallest absolute Gasteiger partial charge is 0.352 e. The molecule has 4 heteroatoms. The maximum absolute atomic E-state index is 4.22. The maximum Gasteiger partial charge on any atom is 0.352 e. The van der Waals surface area contributed by atoms with Gasteiger partial charge in [0.1, 0.15) is 5.84 Å². The van der Waals surface area contributed by atoms with E-state index in [-0.39, 0.29) is 0 Å². The Hall–Kier alpha value is -1.45. The first-order valence-electron chi connectivity index (χ1n) is 4.37. The van der Waals surface area contributed by atoms with Gasteiger partial charge in [0.05, 0.1) is 0 Å². The molecule has 1 aliphatic heterocycles. The number of benzene rings is 1. The molecule has 0 saturated carbocycles. The maximum atomic E-state index is 4.22. The predicted molar refractivity (Wildman–Crippen MR) is 57.5 cm³/mol. The van der Waals surface area contributed by atoms with Crippen molar-refractivity contribution in [2.75, 3.05) is 12.3 Å². The summed E-state index contributed by atoms with van der Waals surface area (Å²) in [6.45, 7) is 2.10. The van der Waals surface area contributed by atoms with Crippen molar-refractivity contribution in [3.05, 3.63) is 29.3 Å². The van der Waals surface area contributed by atoms with E-state index in [9.17, 15) is 0 Å². The molecular formula is C9H12BN3. The molecule has 0 unspecified atom stereocenters. The Labute approximate surface area is 78.5 Å². The molecule has 1 aliphatic rings. The average Bonchev–Trinajstić information content (AvgIpc) is 2.17. The Balaban J connectivity index is 2.60. The summed E-state index contributed by atoms with van der Waals surface area (Å²) in [6.07, 6.45) is 0. The number of hydrogen-bond acceptors (Lipinski definition) is 2. The highest BCUT2D eigenvalue weighted by Crippen LogP contribution is 2.21. The molecule has 0 bridgehead atoms. The molecule has 0 aromatic heterocycles. The third-order valence-electron chi connectivity index (χ3n) is 2.27. The molecule has 1 aromatic carbocycles. The Morgan fingerprint density at radius 3 is 2.92 bits per heavy atom. The van der Waals surface area contributed by atoms with Crippen LogP contribution < -0.4 is 10.5 Å². The van der Waals surface area contributed by atoms with Gasteiger partial charge in [0, 0.05) is 18.3 Å². The van der Waals surface area contributed by atoms with Crippen molar-refractivity contribution < 1.29 is 0 Å². The van der Waals surface area contributed by atoms with E-state index in [0.29, 0.717) is 0 Å². The summed E-state index contributed by atoms with van der Waals surface area (Å²) < 4.78 is 0. The largest absolute Gasteiger partial charge is 0.412 e. The summed E-state index contributed by atoms with van der Waals surface area (Å²) in [4.78, 5) is 4.22. The van der Waals surface area contributed by atoms with Gasteiger partial charge in [0.2, 0.25) is 0 Å². The van der Waals surface area contributed by atoms with Gasteiger partial charge < -0.3 is 10.5 Å². The molecule has 0 radical (unpaired) electrons. The molecule has 13 heavy (non-hydrogen) atoms. The van der Waals surface area contributed by atoms with E-state index in [4.69, 9.17) is 0 Å². The first-order valence-corrected chi connectivity index (χ1v) is 4.37. The van der Waals surface area contributed by atoms with Crippen molar-refractivity contribution in [3.8, 4) is 0 Å². The van der Waals surface area contributed by atoms with Crippen molar-refractivity contribution in [1.29, 1.82) is 0 Å². The molecule has 66 valence electrons. The zero-order chi connectivity index (χ0) is 9.26. The van der Waals surface area contributed by atoms with Crippen LogP contribution in [-0.4, -0.2) is 20.4 Å². The van der Waals surface area contributed by atoms with Crippen molar-refractivity contribution in [3.63, 3.8) is 0 Å². The van der Waals surface area contributed by atoms with Crippen molar-refractivity contribution in [2.24, 2.45) is 4.99 Å². The minimum absolute atomic E-state index is 0.753. The summed E-state index contributed by atoms with van der Waals surface area (Å²) in [7, 11) is 2.56. The standard InChI is InChI=1S/C9H12BN3/c1-6-4-3-5-7-8(6)9(11-2)13-10-12-7/h3-5,10,12H,1-2H3,(H,11,13). The van der Waals surface area contributed by atoms with Crippen LogP contribution in [0.25, 0.3) is 0 Å². The predicted octanol–water partition coefficient (Wildman–Crippen LogP) is 0.653. The van der Waals surface area contributed by atoms with E-state index >= 15 is 0 Å². The Kier molecular flexibility index (Phi) is 1.96. The normalized spacial score (nSPS) is 16.9. The molecule has 0 spiro atoms. The van der Waals surface area contributed by atoms with Gasteiger partial charge in [-0.05, 0) is 18.6 Å². The summed E-state index contributed by atoms with van der Waals surface area (Å²) in [5.41, 5.74) is 3.61. The number of amidine groups is 1. The number of nitrogens with zero attached hydrogens (tertiary/aromatic N) is 1. The lowest BCUT2D eigenvalue weighted by Crippen LogP contribution is -2.39. The van der Waals surface area contributed by atoms with Crippen LogP contribution in [0.1, 0.15) is 11.1 Å². The zero-order valence-electron chi connectivity index (χ0n) is 7.89. The van der Waals surface area contributed by atoms with Crippen LogP contribution in [0.15, 0.2) is 23.2 Å². The number of fused-ring (bicyclic) bond motifs is 1. The number of anilines is 1. The Morgan fingerprint density at radius 2 is 2.15 bits per heavy atom. The van der Waals surface area contributed by atoms with E-state index in [1.165, 1.54) is 16.8 Å². The molecule has 0 aliphatic carbocycles. The van der Waals surface area contributed by atoms with Crippen molar-refractivity contribution in [2.45, 2.75) is 6.92 Å². The topological polar surface area (TPSA) is 36.4 Å². The molecule has 2 N–H and O–H groups in total. The molecule has 3 nitrogen and oxygen atoms in total. The molecule has 0 amide bonds. The first-order chi connectivity index (χ1) is 6.33.